The number of aryl methyl sites for hydroxylation is 1. The number of rotatable bonds is 9. The van der Waals surface area contributed by atoms with Crippen LogP contribution in [-0.2, 0) is 6.42 Å². The van der Waals surface area contributed by atoms with E-state index in [1.807, 2.05) is 39.8 Å². The molecule has 3 aromatic rings. The summed E-state index contributed by atoms with van der Waals surface area (Å²) in [6.07, 6.45) is 1.56. The second-order valence-electron chi connectivity index (χ2n) is 8.49. The molecule has 34 heavy (non-hydrogen) atoms. The summed E-state index contributed by atoms with van der Waals surface area (Å²) in [6, 6.07) is 12.2. The Balaban J connectivity index is 1.96. The number of nitrogens with one attached hydrogen (secondary N) is 1. The molecule has 1 heterocycles. The van der Waals surface area contributed by atoms with Gasteiger partial charge in [-0.2, -0.15) is 0 Å². The lowest BCUT2D eigenvalue weighted by atomic mass is 10.0. The highest BCUT2D eigenvalue weighted by atomic mass is 35.5. The molecule has 0 saturated carbocycles. The number of carbonyl (C=O) groups excluding carboxylic acids is 2. The Labute approximate surface area is 209 Å². The molecule has 3 rings (SSSR count). The van der Waals surface area contributed by atoms with Gasteiger partial charge in [-0.05, 0) is 54.7 Å². The third-order valence-corrected chi connectivity index (χ3v) is 6.40. The molecule has 0 fully saturated rings. The fourth-order valence-corrected chi connectivity index (χ4v) is 4.08. The van der Waals surface area contributed by atoms with Crippen molar-refractivity contribution in [3.05, 3.63) is 85.2 Å². The van der Waals surface area contributed by atoms with Crippen molar-refractivity contribution in [2.75, 3.05) is 13.1 Å². The molecule has 180 valence electrons. The number of amides is 1. The first-order chi connectivity index (χ1) is 16.2. The predicted octanol–water partition coefficient (Wildman–Crippen LogP) is 5.89. The Kier molecular flexibility index (Phi) is 8.39. The van der Waals surface area contributed by atoms with Crippen molar-refractivity contribution in [2.24, 2.45) is 0 Å². The molecule has 6 nitrogen and oxygen atoms in total. The number of aromatic nitrogens is 2. The lowest BCUT2D eigenvalue weighted by Gasteiger charge is -2.21. The van der Waals surface area contributed by atoms with Crippen molar-refractivity contribution < 1.29 is 9.59 Å². The molecule has 0 atom stereocenters. The minimum absolute atomic E-state index is 0.0521. The van der Waals surface area contributed by atoms with E-state index in [1.165, 1.54) is 9.58 Å². The van der Waals surface area contributed by atoms with E-state index in [0.29, 0.717) is 40.0 Å². The quantitative estimate of drug-likeness (QED) is 0.371. The molecule has 8 heteroatoms. The number of hydrogen-bond donors (Lipinski definition) is 1. The second-order valence-corrected chi connectivity index (χ2v) is 9.31. The smallest absolute Gasteiger partial charge is 0.282 e. The Hall–Kier alpha value is -2.83. The first-order valence-electron chi connectivity index (χ1n) is 11.4. The number of Topliss-reactive ketones (excluding diaryl/α,β-unsaturated/α-hetero) is 1. The largest absolute Gasteiger partial charge is 0.331 e. The van der Waals surface area contributed by atoms with E-state index < -0.39 is 11.3 Å². The summed E-state index contributed by atoms with van der Waals surface area (Å²) in [5, 5.41) is 3.72. The minimum atomic E-state index is -0.483. The number of nitrogens with zero attached hydrogens (tertiary/aromatic N) is 2. The summed E-state index contributed by atoms with van der Waals surface area (Å²) in [5.74, 6) is -0.757. The average molecular weight is 502 g/mol. The Morgan fingerprint density at radius 2 is 1.71 bits per heavy atom. The fraction of sp³-hybridized carbons (Fsp3) is 0.346. The van der Waals surface area contributed by atoms with Gasteiger partial charge in [0.1, 0.15) is 5.56 Å². The van der Waals surface area contributed by atoms with Crippen LogP contribution in [-0.4, -0.2) is 39.5 Å². The van der Waals surface area contributed by atoms with Crippen molar-refractivity contribution in [1.29, 1.82) is 0 Å². The van der Waals surface area contributed by atoms with Crippen LogP contribution in [0.3, 0.4) is 0 Å². The third-order valence-electron chi connectivity index (χ3n) is 5.66. The number of hydrogen-bond acceptors (Lipinski definition) is 3. The molecule has 1 N–H and O–H groups in total. The first-order valence-corrected chi connectivity index (χ1v) is 12.1. The van der Waals surface area contributed by atoms with E-state index in [0.717, 1.165) is 12.0 Å². The summed E-state index contributed by atoms with van der Waals surface area (Å²) < 4.78 is 1.29. The number of ketones is 1. The molecule has 0 spiro atoms. The van der Waals surface area contributed by atoms with Crippen molar-refractivity contribution >= 4 is 34.9 Å². The number of benzene rings is 2. The summed E-state index contributed by atoms with van der Waals surface area (Å²) >= 11 is 12.1. The molecule has 0 aliphatic heterocycles. The average Bonchev–Trinajstić information content (AvgIpc) is 3.17. The highest BCUT2D eigenvalue weighted by Crippen LogP contribution is 2.25. The van der Waals surface area contributed by atoms with Crippen molar-refractivity contribution in [1.82, 2.24) is 14.7 Å². The molecule has 0 aliphatic rings. The number of halogens is 2. The minimum Gasteiger partial charge on any atom is -0.331 e. The Morgan fingerprint density at radius 3 is 2.26 bits per heavy atom. The maximum absolute atomic E-state index is 13.4. The van der Waals surface area contributed by atoms with Crippen molar-refractivity contribution in [3.63, 3.8) is 0 Å². The lowest BCUT2D eigenvalue weighted by molar-refractivity contribution is 0.0709. The van der Waals surface area contributed by atoms with Crippen LogP contribution >= 0.6 is 23.2 Å². The summed E-state index contributed by atoms with van der Waals surface area (Å²) in [4.78, 5) is 41.4. The molecule has 1 aromatic heterocycles. The topological polar surface area (TPSA) is 75.2 Å². The molecule has 2 aromatic carbocycles. The SMILES string of the molecule is CCCN(CC(=O)c1c(C(C)C)[nH]n(-c2ccc(Cl)c(Cl)c2)c1=O)C(=O)c1ccc(CC)cc1. The molecular weight excluding hydrogens is 473 g/mol. The third kappa shape index (κ3) is 5.45. The molecule has 0 radical (unpaired) electrons. The summed E-state index contributed by atoms with van der Waals surface area (Å²) in [6.45, 7) is 8.00. The summed E-state index contributed by atoms with van der Waals surface area (Å²) in [7, 11) is 0. The zero-order valence-corrected chi connectivity index (χ0v) is 21.3. The molecule has 0 unspecified atom stereocenters. The van der Waals surface area contributed by atoms with E-state index in [-0.39, 0.29) is 23.9 Å². The molecule has 1 amide bonds. The van der Waals surface area contributed by atoms with Crippen LogP contribution in [0.1, 0.15) is 72.0 Å². The van der Waals surface area contributed by atoms with Gasteiger partial charge < -0.3 is 4.90 Å². The normalized spacial score (nSPS) is 11.1. The van der Waals surface area contributed by atoms with Crippen LogP contribution in [0.2, 0.25) is 10.0 Å². The van der Waals surface area contributed by atoms with Crippen LogP contribution < -0.4 is 5.56 Å². The lowest BCUT2D eigenvalue weighted by Crippen LogP contribution is -2.38. The van der Waals surface area contributed by atoms with Gasteiger partial charge in [-0.3, -0.25) is 19.5 Å². The van der Waals surface area contributed by atoms with Gasteiger partial charge in [-0.1, -0.05) is 63.0 Å². The van der Waals surface area contributed by atoms with Crippen LogP contribution in [0.4, 0.5) is 0 Å². The van der Waals surface area contributed by atoms with Crippen LogP contribution in [0, 0.1) is 0 Å². The zero-order chi connectivity index (χ0) is 25.0. The van der Waals surface area contributed by atoms with E-state index in [2.05, 4.69) is 5.10 Å². The Bertz CT molecular complexity index is 1240. The number of H-pyrrole nitrogens is 1. The Morgan fingerprint density at radius 1 is 1.03 bits per heavy atom. The van der Waals surface area contributed by atoms with Gasteiger partial charge in [-0.25, -0.2) is 4.68 Å². The fourth-order valence-electron chi connectivity index (χ4n) is 3.79. The zero-order valence-electron chi connectivity index (χ0n) is 19.8. The van der Waals surface area contributed by atoms with E-state index >= 15 is 0 Å². The van der Waals surface area contributed by atoms with Crippen LogP contribution in [0.25, 0.3) is 5.69 Å². The van der Waals surface area contributed by atoms with Gasteiger partial charge in [0.15, 0.2) is 5.78 Å². The van der Waals surface area contributed by atoms with Crippen LogP contribution in [0.5, 0.6) is 0 Å². The van der Waals surface area contributed by atoms with Gasteiger partial charge >= 0.3 is 0 Å². The highest BCUT2D eigenvalue weighted by Gasteiger charge is 2.27. The van der Waals surface area contributed by atoms with Gasteiger partial charge in [0.2, 0.25) is 0 Å². The van der Waals surface area contributed by atoms with E-state index in [9.17, 15) is 14.4 Å². The van der Waals surface area contributed by atoms with E-state index in [1.54, 1.807) is 30.3 Å². The first kappa shape index (κ1) is 25.8. The predicted molar refractivity (Wildman–Crippen MR) is 137 cm³/mol. The van der Waals surface area contributed by atoms with Gasteiger partial charge in [0.05, 0.1) is 28.0 Å². The van der Waals surface area contributed by atoms with Crippen LogP contribution in [0.15, 0.2) is 47.3 Å². The van der Waals surface area contributed by atoms with Gasteiger partial charge in [0, 0.05) is 12.1 Å². The maximum atomic E-state index is 13.4. The van der Waals surface area contributed by atoms with E-state index in [4.69, 9.17) is 23.2 Å². The molecule has 0 saturated heterocycles. The maximum Gasteiger partial charge on any atom is 0.282 e. The molecule has 0 aliphatic carbocycles. The summed E-state index contributed by atoms with van der Waals surface area (Å²) in [5.41, 5.74) is 2.20. The monoisotopic (exact) mass is 501 g/mol. The number of carbonyl (C=O) groups is 2. The van der Waals surface area contributed by atoms with Crippen molar-refractivity contribution in [2.45, 2.75) is 46.5 Å². The standard InChI is InChI=1S/C26H29Cl2N3O3/c1-5-13-30(25(33)18-9-7-17(6-2)8-10-18)15-22(32)23-24(16(3)4)29-31(26(23)34)19-11-12-20(27)21(28)14-19/h7-12,14,16,29H,5-6,13,15H2,1-4H3. The highest BCUT2D eigenvalue weighted by molar-refractivity contribution is 6.42. The number of aromatic amines is 1. The van der Waals surface area contributed by atoms with Crippen molar-refractivity contribution in [3.8, 4) is 5.69 Å². The molecular formula is C26H29Cl2N3O3. The van der Waals surface area contributed by atoms with Gasteiger partial charge in [-0.15, -0.1) is 0 Å². The molecule has 0 bridgehead atoms. The second kappa shape index (κ2) is 11.1. The van der Waals surface area contributed by atoms with Gasteiger partial charge in [0.25, 0.3) is 11.5 Å².